The predicted octanol–water partition coefficient (Wildman–Crippen LogP) is 13.0. The number of hydrogen-bond acceptors (Lipinski definition) is 13. The molecular formula is C60H82N2O12. The molecule has 1 fully saturated rings. The van der Waals surface area contributed by atoms with Gasteiger partial charge in [-0.3, -0.25) is 9.69 Å². The zero-order chi connectivity index (χ0) is 52.5. The van der Waals surface area contributed by atoms with Gasteiger partial charge in [0.2, 0.25) is 12.6 Å². The van der Waals surface area contributed by atoms with Crippen LogP contribution in [0.2, 0.25) is 0 Å². The molecule has 6 atom stereocenters. The first kappa shape index (κ1) is 56.2. The highest BCUT2D eigenvalue weighted by Crippen LogP contribution is 2.62. The van der Waals surface area contributed by atoms with Crippen LogP contribution in [0.15, 0.2) is 84.1 Å². The fourth-order valence-electron chi connectivity index (χ4n) is 11.3. The summed E-state index contributed by atoms with van der Waals surface area (Å²) in [6, 6.07) is 15.8. The first-order valence-corrected chi connectivity index (χ1v) is 27.4. The molecule has 7 rings (SSSR count). The number of unbranched alkanes of at least 4 members (excludes halogenated alkanes) is 11. The van der Waals surface area contributed by atoms with E-state index in [1.807, 2.05) is 57.2 Å². The Morgan fingerprint density at radius 1 is 0.851 bits per heavy atom. The third kappa shape index (κ3) is 14.0. The maximum absolute atomic E-state index is 15.2. The molecule has 74 heavy (non-hydrogen) atoms. The molecule has 0 aromatic heterocycles. The molecule has 14 nitrogen and oxygen atoms in total. The van der Waals surface area contributed by atoms with E-state index in [0.29, 0.717) is 58.6 Å². The number of ether oxygens (including phenoxy) is 7. The molecule has 2 aliphatic heterocycles. The second-order valence-electron chi connectivity index (χ2n) is 21.2. The minimum atomic E-state index is -1.52. The van der Waals surface area contributed by atoms with Gasteiger partial charge in [-0.05, 0) is 124 Å². The lowest BCUT2D eigenvalue weighted by atomic mass is 9.55. The number of allylic oxidation sites excluding steroid dienone is 1. The summed E-state index contributed by atoms with van der Waals surface area (Å²) >= 11 is 0. The lowest BCUT2D eigenvalue weighted by Crippen LogP contribution is -2.70. The van der Waals surface area contributed by atoms with E-state index in [9.17, 15) is 15.0 Å². The van der Waals surface area contributed by atoms with Crippen LogP contribution in [0.3, 0.4) is 0 Å². The summed E-state index contributed by atoms with van der Waals surface area (Å²) in [5.74, 6) is 0.860. The Kier molecular flexibility index (Phi) is 20.7. The molecule has 4 aliphatic rings. The SMILES string of the molecule is C=CCO[C@@]12Oc3ccc(Oc4ccc(OC)c(C=O)c4)cc3[C@H]3[C@H](CCCCO)[C@@H](CCCCO)C=C(C(=NOC(C)(C)C)C[C@@H]1N(Cc1ccc4c(c1)OCO4)C(=O)OCCCCCCCCCCCC)[C@H]32. The summed E-state index contributed by atoms with van der Waals surface area (Å²) in [6.07, 6.45) is 20.4. The summed E-state index contributed by atoms with van der Waals surface area (Å²) in [7, 11) is 1.52. The molecule has 1 amide bonds. The molecule has 0 bridgehead atoms. The van der Waals surface area contributed by atoms with E-state index in [2.05, 4.69) is 19.6 Å². The van der Waals surface area contributed by atoms with Crippen molar-refractivity contribution in [2.24, 2.45) is 22.9 Å². The van der Waals surface area contributed by atoms with E-state index in [4.69, 9.17) is 43.2 Å². The number of oxime groups is 1. The first-order valence-electron chi connectivity index (χ1n) is 27.4. The molecule has 0 radical (unpaired) electrons. The fraction of sp³-hybridized carbons (Fsp3) is 0.583. The number of carbonyl (C=O) groups excluding carboxylic acids is 2. The maximum Gasteiger partial charge on any atom is 0.410 e. The van der Waals surface area contributed by atoms with E-state index >= 15 is 4.79 Å². The van der Waals surface area contributed by atoms with Crippen molar-refractivity contribution in [3.8, 4) is 34.5 Å². The van der Waals surface area contributed by atoms with Gasteiger partial charge in [0.05, 0.1) is 37.5 Å². The van der Waals surface area contributed by atoms with E-state index in [1.54, 1.807) is 29.2 Å². The van der Waals surface area contributed by atoms with Crippen LogP contribution in [0.25, 0.3) is 0 Å². The van der Waals surface area contributed by atoms with Crippen molar-refractivity contribution in [1.29, 1.82) is 0 Å². The molecular weight excluding hydrogens is 941 g/mol. The lowest BCUT2D eigenvalue weighted by molar-refractivity contribution is -0.256. The molecule has 0 spiro atoms. The van der Waals surface area contributed by atoms with Crippen molar-refractivity contribution < 1.29 is 57.8 Å². The highest BCUT2D eigenvalue weighted by Gasteiger charge is 2.66. The standard InChI is InChI=1S/C60H82N2O12/c1-7-9-10-11-12-13-14-15-16-21-33-68-58(66)62(39-42-24-27-53-54(34-42)70-41-69-53)55-38-50(61-74-59(3,4)5)48-36-43(22-17-19-30-63)47(23-18-20-31-64)56-49-37-46(72-45-25-28-51(67-6)44(35-45)40-65)26-29-52(49)73-60(55,57(48)56)71-32-8-2/h8,24-29,34-37,40,43,47,55-57,63-64H,2,7,9-23,30-33,38-39,41H2,1,3-6H3/t43-,47+,55-,56+,57+,60+/m0/s1. The number of methoxy groups -OCH3 is 1. The van der Waals surface area contributed by atoms with Gasteiger partial charge in [0, 0.05) is 37.7 Å². The Morgan fingerprint density at radius 2 is 1.54 bits per heavy atom. The van der Waals surface area contributed by atoms with Crippen molar-refractivity contribution in [3.05, 3.63) is 95.6 Å². The summed E-state index contributed by atoms with van der Waals surface area (Å²) in [6.45, 7) is 12.9. The van der Waals surface area contributed by atoms with Crippen molar-refractivity contribution in [2.75, 3.05) is 40.3 Å². The van der Waals surface area contributed by atoms with Crippen LogP contribution in [0.4, 0.5) is 4.79 Å². The van der Waals surface area contributed by atoms with Crippen LogP contribution in [-0.2, 0) is 20.9 Å². The molecule has 2 aliphatic carbocycles. The number of aldehydes is 1. The minimum Gasteiger partial charge on any atom is -0.496 e. The van der Waals surface area contributed by atoms with Crippen LogP contribution < -0.4 is 23.7 Å². The maximum atomic E-state index is 15.2. The molecule has 14 heteroatoms. The molecule has 2 N–H and O–H groups in total. The Hall–Kier alpha value is -5.57. The summed E-state index contributed by atoms with van der Waals surface area (Å²) in [5, 5.41) is 25.2. The van der Waals surface area contributed by atoms with Gasteiger partial charge in [0.1, 0.15) is 34.6 Å². The van der Waals surface area contributed by atoms with Crippen LogP contribution in [0.5, 0.6) is 34.5 Å². The number of nitrogens with zero attached hydrogens (tertiary/aromatic N) is 2. The number of carbonyl (C=O) groups is 2. The number of aliphatic hydroxyl groups excluding tert-OH is 2. The van der Waals surface area contributed by atoms with Crippen molar-refractivity contribution in [3.63, 3.8) is 0 Å². The van der Waals surface area contributed by atoms with Crippen LogP contribution in [0, 0.1) is 17.8 Å². The van der Waals surface area contributed by atoms with Gasteiger partial charge in [-0.2, -0.15) is 0 Å². The number of rotatable bonds is 30. The van der Waals surface area contributed by atoms with Crippen LogP contribution in [-0.4, -0.2) is 91.0 Å². The quantitative estimate of drug-likeness (QED) is 0.0281. The summed E-state index contributed by atoms with van der Waals surface area (Å²) < 4.78 is 44.6. The number of benzene rings is 3. The normalized spacial score (nSPS) is 22.0. The largest absolute Gasteiger partial charge is 0.496 e. The number of amides is 1. The average Bonchev–Trinajstić information content (AvgIpc) is 3.87. The van der Waals surface area contributed by atoms with E-state index in [1.165, 1.54) is 45.6 Å². The molecule has 1 saturated carbocycles. The monoisotopic (exact) mass is 1020 g/mol. The third-order valence-electron chi connectivity index (χ3n) is 14.8. The third-order valence-corrected chi connectivity index (χ3v) is 14.8. The second-order valence-corrected chi connectivity index (χ2v) is 21.2. The smallest absolute Gasteiger partial charge is 0.410 e. The topological polar surface area (TPSA) is 164 Å². The van der Waals surface area contributed by atoms with E-state index < -0.39 is 29.4 Å². The number of fused-ring (bicyclic) bond motifs is 3. The van der Waals surface area contributed by atoms with Crippen molar-refractivity contribution >= 4 is 18.1 Å². The van der Waals surface area contributed by atoms with Crippen LogP contribution in [0.1, 0.15) is 164 Å². The van der Waals surface area contributed by atoms with Gasteiger partial charge in [0.25, 0.3) is 0 Å². The van der Waals surface area contributed by atoms with Gasteiger partial charge in [-0.25, -0.2) is 4.79 Å². The molecule has 3 aromatic rings. The Labute approximate surface area is 439 Å². The van der Waals surface area contributed by atoms with Gasteiger partial charge in [-0.15, -0.1) is 6.58 Å². The Bertz CT molecular complexity index is 2380. The lowest BCUT2D eigenvalue weighted by Gasteiger charge is -2.60. The molecule has 0 saturated heterocycles. The van der Waals surface area contributed by atoms with E-state index in [0.717, 1.165) is 74.4 Å². The highest BCUT2D eigenvalue weighted by atomic mass is 16.7. The summed E-state index contributed by atoms with van der Waals surface area (Å²) in [4.78, 5) is 35.4. The van der Waals surface area contributed by atoms with Crippen molar-refractivity contribution in [2.45, 2.75) is 167 Å². The fourth-order valence-corrected chi connectivity index (χ4v) is 11.3. The second kappa shape index (κ2) is 27.3. The molecule has 404 valence electrons. The van der Waals surface area contributed by atoms with E-state index in [-0.39, 0.29) is 63.9 Å². The van der Waals surface area contributed by atoms with Gasteiger partial charge in [0.15, 0.2) is 17.8 Å². The van der Waals surface area contributed by atoms with Gasteiger partial charge < -0.3 is 48.2 Å². The molecule has 3 aromatic carbocycles. The predicted molar refractivity (Wildman–Crippen MR) is 286 cm³/mol. The first-order chi connectivity index (χ1) is 36.0. The van der Waals surface area contributed by atoms with Gasteiger partial charge >= 0.3 is 6.09 Å². The molecule has 0 unspecified atom stereocenters. The average molecular weight is 1020 g/mol. The Balaban J connectivity index is 1.35. The zero-order valence-electron chi connectivity index (χ0n) is 44.7. The zero-order valence-corrected chi connectivity index (χ0v) is 44.7. The minimum absolute atomic E-state index is 0.0182. The van der Waals surface area contributed by atoms with Crippen molar-refractivity contribution in [1.82, 2.24) is 4.90 Å². The number of aliphatic hydroxyl groups is 2. The molecule has 2 heterocycles. The summed E-state index contributed by atoms with van der Waals surface area (Å²) in [5.41, 5.74) is 2.99. The Morgan fingerprint density at radius 3 is 2.24 bits per heavy atom. The number of hydrogen-bond donors (Lipinski definition) is 2. The van der Waals surface area contributed by atoms with Gasteiger partial charge in [-0.1, -0.05) is 101 Å². The van der Waals surface area contributed by atoms with Crippen LogP contribution >= 0.6 is 0 Å². The highest BCUT2D eigenvalue weighted by molar-refractivity contribution is 6.03.